The second kappa shape index (κ2) is 17.9. The normalized spacial score (nSPS) is 18.1. The molecule has 0 saturated carbocycles. The Morgan fingerprint density at radius 3 is 2.29 bits per heavy atom. The molecule has 342 valence electrons. The fourth-order valence-electron chi connectivity index (χ4n) is 9.17. The van der Waals surface area contributed by atoms with Gasteiger partial charge in [-0.1, -0.05) is 23.7 Å². The van der Waals surface area contributed by atoms with E-state index in [9.17, 15) is 28.5 Å². The molecule has 0 bridgehead atoms. The van der Waals surface area contributed by atoms with Crippen molar-refractivity contribution in [3.05, 3.63) is 89.3 Å². The van der Waals surface area contributed by atoms with Crippen molar-refractivity contribution in [1.29, 1.82) is 0 Å². The van der Waals surface area contributed by atoms with E-state index in [4.69, 9.17) is 16.3 Å². The van der Waals surface area contributed by atoms with E-state index in [0.29, 0.717) is 80.4 Å². The minimum absolute atomic E-state index is 0.0535. The Bertz CT molecular complexity index is 2830. The molecule has 0 radical (unpaired) electrons. The number of fused-ring (bicyclic) bond motifs is 1. The van der Waals surface area contributed by atoms with Gasteiger partial charge in [-0.05, 0) is 69.0 Å². The third-order valence-corrected chi connectivity index (χ3v) is 14.5. The molecule has 66 heavy (non-hydrogen) atoms. The molecule has 18 nitrogen and oxygen atoms in total. The highest BCUT2D eigenvalue weighted by atomic mass is 35.5. The van der Waals surface area contributed by atoms with E-state index in [0.717, 1.165) is 27.4 Å². The van der Waals surface area contributed by atoms with E-state index in [1.807, 2.05) is 54.5 Å². The smallest absolute Gasteiger partial charge is 0.262 e. The highest BCUT2D eigenvalue weighted by molar-refractivity contribution is 7.70. The molecule has 4 aliphatic heterocycles. The maximum Gasteiger partial charge on any atom is 0.262 e. The topological polar surface area (TPSA) is 204 Å². The number of rotatable bonds is 11. The fraction of sp³-hybridized carbons (Fsp3) is 0.348. The number of hydrogen-bond donors (Lipinski definition) is 3. The van der Waals surface area contributed by atoms with Gasteiger partial charge in [0.15, 0.2) is 5.82 Å². The van der Waals surface area contributed by atoms with E-state index < -0.39 is 36.8 Å². The number of aryl methyl sites for hydroxylation is 1. The van der Waals surface area contributed by atoms with Crippen LogP contribution in [0.5, 0.6) is 5.75 Å². The van der Waals surface area contributed by atoms with Gasteiger partial charge in [0, 0.05) is 98.7 Å². The number of carbonyl (C=O) groups excluding carboxylic acids is 5. The van der Waals surface area contributed by atoms with Gasteiger partial charge in [0.2, 0.25) is 23.7 Å². The largest absolute Gasteiger partial charge is 0.494 e. The summed E-state index contributed by atoms with van der Waals surface area (Å²) in [6.07, 6.45) is 6.70. The minimum atomic E-state index is -2.62. The molecular formula is C46H49ClN11O7P. The molecule has 20 heteroatoms. The summed E-state index contributed by atoms with van der Waals surface area (Å²) in [7, 11) is 0.845. The zero-order valence-electron chi connectivity index (χ0n) is 36.9. The molecular weight excluding hydrogens is 885 g/mol. The van der Waals surface area contributed by atoms with Crippen LogP contribution in [-0.4, -0.2) is 125 Å². The predicted octanol–water partition coefficient (Wildman–Crippen LogP) is 5.24. The van der Waals surface area contributed by atoms with Gasteiger partial charge in [-0.15, -0.1) is 0 Å². The van der Waals surface area contributed by atoms with Crippen molar-refractivity contribution in [2.45, 2.75) is 31.7 Å². The van der Waals surface area contributed by atoms with Crippen molar-refractivity contribution in [2.24, 2.45) is 13.0 Å². The molecule has 4 aliphatic rings. The van der Waals surface area contributed by atoms with Crippen LogP contribution >= 0.6 is 18.7 Å². The summed E-state index contributed by atoms with van der Waals surface area (Å²) < 4.78 is 20.7. The van der Waals surface area contributed by atoms with Crippen LogP contribution in [0.2, 0.25) is 5.02 Å². The Morgan fingerprint density at radius 1 is 0.848 bits per heavy atom. The lowest BCUT2D eigenvalue weighted by Gasteiger charge is -2.40. The van der Waals surface area contributed by atoms with Gasteiger partial charge >= 0.3 is 0 Å². The van der Waals surface area contributed by atoms with Gasteiger partial charge in [0.1, 0.15) is 24.0 Å². The first-order valence-electron chi connectivity index (χ1n) is 21.7. The summed E-state index contributed by atoms with van der Waals surface area (Å²) in [5.74, 6) is -1.05. The van der Waals surface area contributed by atoms with Gasteiger partial charge in [-0.2, -0.15) is 10.1 Å². The number of anilines is 6. The van der Waals surface area contributed by atoms with Crippen molar-refractivity contribution in [3.8, 4) is 16.9 Å². The Labute approximate surface area is 386 Å². The minimum Gasteiger partial charge on any atom is -0.494 e. The number of carbonyl (C=O) groups is 5. The molecule has 3 fully saturated rings. The van der Waals surface area contributed by atoms with Crippen molar-refractivity contribution < 1.29 is 33.3 Å². The number of amides is 5. The number of imide groups is 2. The highest BCUT2D eigenvalue weighted by Gasteiger charge is 2.45. The van der Waals surface area contributed by atoms with Crippen LogP contribution < -0.4 is 35.8 Å². The van der Waals surface area contributed by atoms with E-state index in [-0.39, 0.29) is 46.8 Å². The fourth-order valence-corrected chi connectivity index (χ4v) is 10.5. The summed E-state index contributed by atoms with van der Waals surface area (Å²) in [5.41, 5.74) is 5.18. The average molecular weight is 934 g/mol. The lowest BCUT2D eigenvalue weighted by molar-refractivity contribution is -0.137. The van der Waals surface area contributed by atoms with Gasteiger partial charge in [-0.25, -0.2) is 4.98 Å². The van der Waals surface area contributed by atoms with Gasteiger partial charge in [-0.3, -0.25) is 38.9 Å². The van der Waals surface area contributed by atoms with Crippen molar-refractivity contribution in [1.82, 2.24) is 34.9 Å². The van der Waals surface area contributed by atoms with E-state index >= 15 is 0 Å². The first-order chi connectivity index (χ1) is 31.7. The number of nitrogens with one attached hydrogen (secondary N) is 3. The lowest BCUT2D eigenvalue weighted by atomic mass is 9.93. The molecule has 5 aromatic rings. The third kappa shape index (κ3) is 8.70. The number of halogens is 1. The molecule has 0 spiro atoms. The number of nitrogens with zero attached hydrogens (tertiary/aromatic N) is 8. The molecule has 2 aromatic heterocycles. The molecule has 6 heterocycles. The predicted molar refractivity (Wildman–Crippen MR) is 251 cm³/mol. The van der Waals surface area contributed by atoms with Crippen LogP contribution in [0.25, 0.3) is 11.1 Å². The number of hydrogen-bond acceptors (Lipinski definition) is 14. The number of ether oxygens (including phenoxy) is 1. The first kappa shape index (κ1) is 44.4. The molecule has 3 N–H and O–H groups in total. The second-order valence-electron chi connectivity index (χ2n) is 17.2. The molecule has 3 saturated heterocycles. The Kier molecular flexibility index (Phi) is 12.0. The Hall–Kier alpha value is -6.78. The highest BCUT2D eigenvalue weighted by Crippen LogP contribution is 2.43. The summed E-state index contributed by atoms with van der Waals surface area (Å²) in [5, 5.41) is 14.2. The van der Waals surface area contributed by atoms with E-state index in [1.165, 1.54) is 6.20 Å². The SMILES string of the molecule is COc1cc(N2CCC(C(=O)N3CCN(c4ccc5c(c4)C(=O)N(C4CCC(=O)NC4=O)C5=O)CC3)CC2)c(-c2cnn(C)c2)cc1Nc1ncc(Cl)c(Nc2ccccc2P(C)(C)=O)n1. The van der Waals surface area contributed by atoms with Crippen molar-refractivity contribution in [3.63, 3.8) is 0 Å². The van der Waals surface area contributed by atoms with Crippen molar-refractivity contribution >= 4 is 88.1 Å². The summed E-state index contributed by atoms with van der Waals surface area (Å²) in [4.78, 5) is 81.2. The first-order valence-corrected chi connectivity index (χ1v) is 24.7. The zero-order chi connectivity index (χ0) is 46.4. The summed E-state index contributed by atoms with van der Waals surface area (Å²) in [6.45, 7) is 6.79. The van der Waals surface area contributed by atoms with Gasteiger partial charge in [0.05, 0.1) is 42.0 Å². The molecule has 9 rings (SSSR count). The van der Waals surface area contributed by atoms with E-state index in [1.54, 1.807) is 49.5 Å². The number of aromatic nitrogens is 4. The van der Waals surface area contributed by atoms with Gasteiger partial charge in [0.25, 0.3) is 11.8 Å². The molecule has 5 amide bonds. The molecule has 3 aromatic carbocycles. The van der Waals surface area contributed by atoms with Crippen LogP contribution in [0.1, 0.15) is 46.4 Å². The Morgan fingerprint density at radius 2 is 1.59 bits per heavy atom. The number of piperidine rings is 2. The van der Waals surface area contributed by atoms with Crippen LogP contribution in [0.4, 0.5) is 34.5 Å². The molecule has 0 aliphatic carbocycles. The van der Waals surface area contributed by atoms with E-state index in [2.05, 4.69) is 40.8 Å². The Balaban J connectivity index is 0.860. The number of piperazine rings is 1. The zero-order valence-corrected chi connectivity index (χ0v) is 38.6. The maximum atomic E-state index is 14.0. The van der Waals surface area contributed by atoms with Crippen LogP contribution in [-0.2, 0) is 26.0 Å². The third-order valence-electron chi connectivity index (χ3n) is 12.6. The summed E-state index contributed by atoms with van der Waals surface area (Å²) in [6, 6.07) is 15.4. The average Bonchev–Trinajstić information content (AvgIpc) is 3.85. The number of methoxy groups -OCH3 is 1. The molecule has 1 unspecified atom stereocenters. The van der Waals surface area contributed by atoms with Crippen LogP contribution in [0.15, 0.2) is 73.2 Å². The standard InChI is InChI=1S/C46H49ClN11O7P/c1-54-26-28(24-49-54)31-22-35(51-46-48-25-33(47)41(53-46)50-34-7-5-6-8-39(34)66(3,4)64)38(65-2)23-37(31)56-15-13-27(14-16-56)43(61)57-19-17-55(18-20-57)29-9-10-30-32(21-29)45(63)58(44(30)62)36-11-12-40(59)52-42(36)60/h5-10,21-27,36H,11-20H2,1-4H3,(H,52,59,60)(H2,48,50,51,53). The number of para-hydroxylation sites is 1. The monoisotopic (exact) mass is 933 g/mol. The quantitative estimate of drug-likeness (QED) is 0.115. The lowest BCUT2D eigenvalue weighted by Crippen LogP contribution is -2.54. The van der Waals surface area contributed by atoms with Crippen LogP contribution in [0.3, 0.4) is 0 Å². The molecule has 1 atom stereocenters. The second-order valence-corrected chi connectivity index (χ2v) is 20.8. The van der Waals surface area contributed by atoms with Crippen LogP contribution in [0, 0.1) is 5.92 Å². The van der Waals surface area contributed by atoms with Gasteiger partial charge < -0.3 is 34.6 Å². The summed E-state index contributed by atoms with van der Waals surface area (Å²) >= 11 is 6.56. The maximum absolute atomic E-state index is 14.0. The number of benzene rings is 3. The van der Waals surface area contributed by atoms with Crippen molar-refractivity contribution in [2.75, 3.05) is 80.1 Å².